The number of amides is 3. The van der Waals surface area contributed by atoms with Crippen molar-refractivity contribution in [3.05, 3.63) is 30.1 Å². The summed E-state index contributed by atoms with van der Waals surface area (Å²) in [5.74, 6) is 0.0957. The van der Waals surface area contributed by atoms with Gasteiger partial charge in [0.15, 0.2) is 0 Å². The number of carbonyl (C=O) groups excluding carboxylic acids is 2. The molecule has 1 aromatic rings. The molecule has 6 nitrogen and oxygen atoms in total. The van der Waals surface area contributed by atoms with Crippen LogP contribution in [0.5, 0.6) is 0 Å². The average Bonchev–Trinajstić information content (AvgIpc) is 2.53. The molecule has 0 bridgehead atoms. The molecule has 0 aromatic carbocycles. The van der Waals surface area contributed by atoms with Gasteiger partial charge in [0.1, 0.15) is 0 Å². The zero-order chi connectivity index (χ0) is 14.4. The van der Waals surface area contributed by atoms with E-state index < -0.39 is 0 Å². The fraction of sp³-hybridized carbons (Fsp3) is 0.500. The third-order valence-electron chi connectivity index (χ3n) is 3.55. The highest BCUT2D eigenvalue weighted by molar-refractivity contribution is 5.79. The summed E-state index contributed by atoms with van der Waals surface area (Å²) in [6.45, 7) is 1.66. The molecule has 0 radical (unpaired) electrons. The van der Waals surface area contributed by atoms with Crippen LogP contribution in [0.4, 0.5) is 4.79 Å². The summed E-state index contributed by atoms with van der Waals surface area (Å²) in [6, 6.07) is 5.52. The lowest BCUT2D eigenvalue weighted by Gasteiger charge is -2.31. The molecule has 1 aromatic heterocycles. The van der Waals surface area contributed by atoms with Crippen molar-refractivity contribution >= 4 is 11.9 Å². The van der Waals surface area contributed by atoms with Crippen molar-refractivity contribution in [3.8, 4) is 0 Å². The highest BCUT2D eigenvalue weighted by Gasteiger charge is 2.26. The molecule has 1 aliphatic heterocycles. The van der Waals surface area contributed by atoms with Crippen LogP contribution < -0.4 is 10.6 Å². The van der Waals surface area contributed by atoms with Crippen molar-refractivity contribution in [1.82, 2.24) is 20.5 Å². The molecule has 0 atom stereocenters. The fourth-order valence-electron chi connectivity index (χ4n) is 2.33. The van der Waals surface area contributed by atoms with Crippen molar-refractivity contribution in [2.75, 3.05) is 20.1 Å². The van der Waals surface area contributed by atoms with E-state index in [1.54, 1.807) is 18.1 Å². The zero-order valence-electron chi connectivity index (χ0n) is 11.6. The normalized spacial score (nSPS) is 15.8. The molecule has 0 aliphatic carbocycles. The minimum Gasteiger partial charge on any atom is -0.359 e. The van der Waals surface area contributed by atoms with Crippen LogP contribution in [-0.2, 0) is 11.3 Å². The lowest BCUT2D eigenvalue weighted by atomic mass is 9.96. The van der Waals surface area contributed by atoms with E-state index in [0.717, 1.165) is 18.5 Å². The molecule has 1 aliphatic rings. The molecule has 2 rings (SSSR count). The second kappa shape index (κ2) is 6.88. The van der Waals surface area contributed by atoms with Gasteiger partial charge in [0.05, 0.1) is 12.2 Å². The highest BCUT2D eigenvalue weighted by Crippen LogP contribution is 2.17. The van der Waals surface area contributed by atoms with Crippen LogP contribution in [0.2, 0.25) is 0 Å². The van der Waals surface area contributed by atoms with E-state index in [2.05, 4.69) is 15.6 Å². The minimum atomic E-state index is -0.0917. The van der Waals surface area contributed by atoms with Gasteiger partial charge in [0, 0.05) is 32.3 Å². The van der Waals surface area contributed by atoms with Gasteiger partial charge in [-0.15, -0.1) is 0 Å². The summed E-state index contributed by atoms with van der Waals surface area (Å²) in [4.78, 5) is 29.4. The zero-order valence-corrected chi connectivity index (χ0v) is 11.6. The number of nitrogens with one attached hydrogen (secondary N) is 2. The van der Waals surface area contributed by atoms with E-state index in [4.69, 9.17) is 0 Å². The van der Waals surface area contributed by atoms with Crippen LogP contribution in [0.15, 0.2) is 24.4 Å². The maximum absolute atomic E-state index is 12.0. The number of hydrogen-bond acceptors (Lipinski definition) is 3. The maximum Gasteiger partial charge on any atom is 0.317 e. The van der Waals surface area contributed by atoms with Crippen molar-refractivity contribution in [2.24, 2.45) is 5.92 Å². The monoisotopic (exact) mass is 276 g/mol. The van der Waals surface area contributed by atoms with Gasteiger partial charge in [-0.2, -0.15) is 0 Å². The molecule has 1 saturated heterocycles. The Morgan fingerprint density at radius 2 is 2.10 bits per heavy atom. The maximum atomic E-state index is 12.0. The van der Waals surface area contributed by atoms with Crippen LogP contribution in [0.25, 0.3) is 0 Å². The third-order valence-corrected chi connectivity index (χ3v) is 3.55. The second-order valence-electron chi connectivity index (χ2n) is 4.86. The first-order chi connectivity index (χ1) is 9.70. The fourth-order valence-corrected chi connectivity index (χ4v) is 2.33. The van der Waals surface area contributed by atoms with Gasteiger partial charge in [-0.1, -0.05) is 6.07 Å². The van der Waals surface area contributed by atoms with E-state index in [-0.39, 0.29) is 17.9 Å². The standard InChI is InChI=1S/C14H20N4O2/c1-15-13(19)11-5-8-18(9-6-11)14(20)17-10-12-4-2-3-7-16-12/h2-4,7,11H,5-6,8-10H2,1H3,(H,15,19)(H,17,20). The Bertz CT molecular complexity index is 456. The lowest BCUT2D eigenvalue weighted by molar-refractivity contribution is -0.125. The number of pyridine rings is 1. The van der Waals surface area contributed by atoms with Gasteiger partial charge in [0.2, 0.25) is 5.91 Å². The molecule has 0 spiro atoms. The molecule has 0 unspecified atom stereocenters. The van der Waals surface area contributed by atoms with Crippen molar-refractivity contribution < 1.29 is 9.59 Å². The van der Waals surface area contributed by atoms with Gasteiger partial charge in [-0.25, -0.2) is 4.79 Å². The van der Waals surface area contributed by atoms with Crippen molar-refractivity contribution in [1.29, 1.82) is 0 Å². The Morgan fingerprint density at radius 3 is 2.70 bits per heavy atom. The highest BCUT2D eigenvalue weighted by atomic mass is 16.2. The smallest absolute Gasteiger partial charge is 0.317 e. The van der Waals surface area contributed by atoms with E-state index in [0.29, 0.717) is 19.6 Å². The SMILES string of the molecule is CNC(=O)C1CCN(C(=O)NCc2ccccn2)CC1. The molecule has 2 heterocycles. The van der Waals surface area contributed by atoms with Gasteiger partial charge in [0.25, 0.3) is 0 Å². The summed E-state index contributed by atoms with van der Waals surface area (Å²) < 4.78 is 0. The molecule has 108 valence electrons. The van der Waals surface area contributed by atoms with E-state index >= 15 is 0 Å². The molecular weight excluding hydrogens is 256 g/mol. The van der Waals surface area contributed by atoms with Gasteiger partial charge in [-0.05, 0) is 25.0 Å². The largest absolute Gasteiger partial charge is 0.359 e. The minimum absolute atomic E-state index is 0.0276. The summed E-state index contributed by atoms with van der Waals surface area (Å²) >= 11 is 0. The molecule has 3 amide bonds. The molecule has 20 heavy (non-hydrogen) atoms. The van der Waals surface area contributed by atoms with Crippen LogP contribution in [0.1, 0.15) is 18.5 Å². The number of carbonyl (C=O) groups is 2. The van der Waals surface area contributed by atoms with Gasteiger partial charge < -0.3 is 15.5 Å². The summed E-state index contributed by atoms with van der Waals surface area (Å²) in [6.07, 6.45) is 3.14. The number of piperidine rings is 1. The summed E-state index contributed by atoms with van der Waals surface area (Å²) in [7, 11) is 1.65. The quantitative estimate of drug-likeness (QED) is 0.855. The third kappa shape index (κ3) is 3.69. The molecule has 6 heteroatoms. The molecule has 2 N–H and O–H groups in total. The topological polar surface area (TPSA) is 74.3 Å². The predicted molar refractivity (Wildman–Crippen MR) is 74.8 cm³/mol. The second-order valence-corrected chi connectivity index (χ2v) is 4.86. The number of nitrogens with zero attached hydrogens (tertiary/aromatic N) is 2. The summed E-state index contributed by atoms with van der Waals surface area (Å²) in [5.41, 5.74) is 0.834. The number of aromatic nitrogens is 1. The molecular formula is C14H20N4O2. The average molecular weight is 276 g/mol. The first-order valence-electron chi connectivity index (χ1n) is 6.85. The van der Waals surface area contributed by atoms with Crippen LogP contribution in [0, 0.1) is 5.92 Å². The Labute approximate surface area is 118 Å². The Hall–Kier alpha value is -2.11. The Morgan fingerprint density at radius 1 is 1.35 bits per heavy atom. The van der Waals surface area contributed by atoms with Crippen LogP contribution in [-0.4, -0.2) is 42.0 Å². The number of hydrogen-bond donors (Lipinski definition) is 2. The van der Waals surface area contributed by atoms with Gasteiger partial charge >= 0.3 is 6.03 Å². The van der Waals surface area contributed by atoms with Crippen molar-refractivity contribution in [3.63, 3.8) is 0 Å². The predicted octanol–water partition coefficient (Wildman–Crippen LogP) is 0.749. The first-order valence-corrected chi connectivity index (χ1v) is 6.85. The van der Waals surface area contributed by atoms with E-state index in [1.165, 1.54) is 0 Å². The van der Waals surface area contributed by atoms with Crippen molar-refractivity contribution in [2.45, 2.75) is 19.4 Å². The Kier molecular flexibility index (Phi) is 4.92. The number of likely N-dealkylation sites (tertiary alicyclic amines) is 1. The van der Waals surface area contributed by atoms with Crippen LogP contribution >= 0.6 is 0 Å². The van der Waals surface area contributed by atoms with E-state index in [9.17, 15) is 9.59 Å². The first kappa shape index (κ1) is 14.3. The number of urea groups is 1. The van der Waals surface area contributed by atoms with Crippen LogP contribution in [0.3, 0.4) is 0 Å². The summed E-state index contributed by atoms with van der Waals surface area (Å²) in [5, 5.41) is 5.51. The molecule has 1 fully saturated rings. The Balaban J connectivity index is 1.76. The van der Waals surface area contributed by atoms with E-state index in [1.807, 2.05) is 18.2 Å². The van der Waals surface area contributed by atoms with Gasteiger partial charge in [-0.3, -0.25) is 9.78 Å². The lowest BCUT2D eigenvalue weighted by Crippen LogP contribution is -2.46. The number of rotatable bonds is 3. The molecule has 0 saturated carbocycles.